The van der Waals surface area contributed by atoms with Crippen molar-refractivity contribution in [1.29, 1.82) is 0 Å². The van der Waals surface area contributed by atoms with Gasteiger partial charge in [0.15, 0.2) is 5.65 Å². The molecule has 1 fully saturated rings. The molecular formula is C16H17N5. The monoisotopic (exact) mass is 279 g/mol. The summed E-state index contributed by atoms with van der Waals surface area (Å²) in [5.41, 5.74) is 8.95. The van der Waals surface area contributed by atoms with Crippen LogP contribution in [0.4, 0.5) is 11.5 Å². The second-order valence-electron chi connectivity index (χ2n) is 5.48. The van der Waals surface area contributed by atoms with E-state index < -0.39 is 0 Å². The predicted octanol–water partition coefficient (Wildman–Crippen LogP) is 2.48. The van der Waals surface area contributed by atoms with Crippen LogP contribution in [0, 0.1) is 0 Å². The van der Waals surface area contributed by atoms with Gasteiger partial charge in [-0.2, -0.15) is 5.10 Å². The van der Waals surface area contributed by atoms with Crippen LogP contribution < -0.4 is 10.6 Å². The molecule has 5 nitrogen and oxygen atoms in total. The summed E-state index contributed by atoms with van der Waals surface area (Å²) in [6.45, 7) is 0.800. The van der Waals surface area contributed by atoms with Crippen molar-refractivity contribution in [2.75, 3.05) is 10.6 Å². The smallest absolute Gasteiger partial charge is 0.157 e. The van der Waals surface area contributed by atoms with Crippen LogP contribution in [0.15, 0.2) is 48.8 Å². The molecule has 106 valence electrons. The summed E-state index contributed by atoms with van der Waals surface area (Å²) in [6.07, 6.45) is 6.17. The van der Waals surface area contributed by atoms with Crippen molar-refractivity contribution in [2.24, 2.45) is 0 Å². The molecule has 0 bridgehead atoms. The van der Waals surface area contributed by atoms with Gasteiger partial charge in [-0.3, -0.25) is 0 Å². The summed E-state index contributed by atoms with van der Waals surface area (Å²) in [4.78, 5) is 7.05. The van der Waals surface area contributed by atoms with E-state index >= 15 is 0 Å². The van der Waals surface area contributed by atoms with Crippen molar-refractivity contribution in [3.63, 3.8) is 0 Å². The molecule has 0 atom stereocenters. The van der Waals surface area contributed by atoms with E-state index in [0.29, 0.717) is 6.04 Å². The minimum Gasteiger partial charge on any atom is -0.398 e. The third-order valence-corrected chi connectivity index (χ3v) is 3.92. The van der Waals surface area contributed by atoms with E-state index in [0.717, 1.165) is 29.3 Å². The average molecular weight is 279 g/mol. The van der Waals surface area contributed by atoms with Crippen molar-refractivity contribution in [3.8, 4) is 0 Å². The van der Waals surface area contributed by atoms with Gasteiger partial charge >= 0.3 is 0 Å². The molecule has 1 saturated carbocycles. The number of nitrogen functional groups attached to an aromatic ring is 1. The van der Waals surface area contributed by atoms with E-state index in [1.165, 1.54) is 12.8 Å². The summed E-state index contributed by atoms with van der Waals surface area (Å²) < 4.78 is 1.78. The Morgan fingerprint density at radius 3 is 2.86 bits per heavy atom. The number of fused-ring (bicyclic) bond motifs is 1. The lowest BCUT2D eigenvalue weighted by atomic mass is 10.1. The predicted molar refractivity (Wildman–Crippen MR) is 83.0 cm³/mol. The van der Waals surface area contributed by atoms with Crippen molar-refractivity contribution >= 4 is 17.2 Å². The normalized spacial score (nSPS) is 14.5. The number of para-hydroxylation sites is 1. The minimum atomic E-state index is 0.572. The Hall–Kier alpha value is -2.56. The zero-order chi connectivity index (χ0) is 14.2. The molecule has 0 saturated heterocycles. The van der Waals surface area contributed by atoms with Crippen LogP contribution in [0.5, 0.6) is 0 Å². The zero-order valence-corrected chi connectivity index (χ0v) is 11.7. The first-order valence-corrected chi connectivity index (χ1v) is 7.22. The molecule has 2 heterocycles. The van der Waals surface area contributed by atoms with Crippen LogP contribution >= 0.6 is 0 Å². The van der Waals surface area contributed by atoms with Gasteiger partial charge in [0.05, 0.1) is 6.20 Å². The second kappa shape index (κ2) is 4.77. The van der Waals surface area contributed by atoms with Crippen LogP contribution in [0.2, 0.25) is 0 Å². The van der Waals surface area contributed by atoms with Gasteiger partial charge in [0.25, 0.3) is 0 Å². The van der Waals surface area contributed by atoms with E-state index in [-0.39, 0.29) is 0 Å². The first-order valence-electron chi connectivity index (χ1n) is 7.22. The molecule has 1 aliphatic carbocycles. The van der Waals surface area contributed by atoms with Crippen LogP contribution in [0.25, 0.3) is 5.65 Å². The molecule has 0 aliphatic heterocycles. The van der Waals surface area contributed by atoms with Gasteiger partial charge in [0.1, 0.15) is 5.82 Å². The fourth-order valence-electron chi connectivity index (χ4n) is 2.61. The third-order valence-electron chi connectivity index (χ3n) is 3.92. The third kappa shape index (κ3) is 2.31. The number of hydrogen-bond acceptors (Lipinski definition) is 4. The number of aromatic nitrogens is 3. The van der Waals surface area contributed by atoms with Crippen molar-refractivity contribution in [2.45, 2.75) is 25.4 Å². The van der Waals surface area contributed by atoms with Gasteiger partial charge < -0.3 is 10.6 Å². The lowest BCUT2D eigenvalue weighted by Gasteiger charge is -2.24. The van der Waals surface area contributed by atoms with E-state index in [4.69, 9.17) is 10.7 Å². The SMILES string of the molecule is Nc1ccccc1CN(c1ccn2nccc2n1)C1CC1. The highest BCUT2D eigenvalue weighted by Crippen LogP contribution is 2.32. The Bertz CT molecular complexity index is 775. The first kappa shape index (κ1) is 12.2. The number of anilines is 2. The molecule has 1 aliphatic rings. The van der Waals surface area contributed by atoms with Crippen LogP contribution in [-0.2, 0) is 6.54 Å². The Morgan fingerprint density at radius 2 is 2.05 bits per heavy atom. The van der Waals surface area contributed by atoms with Crippen LogP contribution in [0.1, 0.15) is 18.4 Å². The van der Waals surface area contributed by atoms with Gasteiger partial charge in [0, 0.05) is 30.5 Å². The quantitative estimate of drug-likeness (QED) is 0.745. The van der Waals surface area contributed by atoms with Gasteiger partial charge in [-0.1, -0.05) is 18.2 Å². The maximum absolute atomic E-state index is 6.08. The second-order valence-corrected chi connectivity index (χ2v) is 5.48. The van der Waals surface area contributed by atoms with E-state index in [1.807, 2.05) is 36.5 Å². The largest absolute Gasteiger partial charge is 0.398 e. The van der Waals surface area contributed by atoms with Crippen LogP contribution in [0.3, 0.4) is 0 Å². The molecular weight excluding hydrogens is 262 g/mol. The highest BCUT2D eigenvalue weighted by Gasteiger charge is 2.30. The molecule has 4 rings (SSSR count). The number of benzene rings is 1. The molecule has 0 spiro atoms. The number of nitrogens with two attached hydrogens (primary N) is 1. The molecule has 2 aromatic heterocycles. The zero-order valence-electron chi connectivity index (χ0n) is 11.7. The lowest BCUT2D eigenvalue weighted by Crippen LogP contribution is -2.26. The maximum atomic E-state index is 6.08. The highest BCUT2D eigenvalue weighted by molar-refractivity contribution is 5.53. The molecule has 3 aromatic rings. The van der Waals surface area contributed by atoms with E-state index in [2.05, 4.69) is 16.1 Å². The first-order chi connectivity index (χ1) is 10.3. The Balaban J connectivity index is 1.69. The molecule has 2 N–H and O–H groups in total. The van der Waals surface area contributed by atoms with Gasteiger partial charge in [0.2, 0.25) is 0 Å². The summed E-state index contributed by atoms with van der Waals surface area (Å²) in [7, 11) is 0. The molecule has 1 aromatic carbocycles. The van der Waals surface area contributed by atoms with Crippen molar-refractivity contribution in [3.05, 3.63) is 54.4 Å². The highest BCUT2D eigenvalue weighted by atomic mass is 15.3. The Labute approximate surface area is 123 Å². The van der Waals surface area contributed by atoms with Crippen molar-refractivity contribution in [1.82, 2.24) is 14.6 Å². The average Bonchev–Trinajstić information content (AvgIpc) is 3.23. The summed E-state index contributed by atoms with van der Waals surface area (Å²) in [5.74, 6) is 0.994. The lowest BCUT2D eigenvalue weighted by molar-refractivity contribution is 0.775. The molecule has 21 heavy (non-hydrogen) atoms. The fourth-order valence-corrected chi connectivity index (χ4v) is 2.61. The maximum Gasteiger partial charge on any atom is 0.157 e. The minimum absolute atomic E-state index is 0.572. The summed E-state index contributed by atoms with van der Waals surface area (Å²) in [5, 5.41) is 4.19. The van der Waals surface area contributed by atoms with Crippen LogP contribution in [-0.4, -0.2) is 20.6 Å². The van der Waals surface area contributed by atoms with E-state index in [9.17, 15) is 0 Å². The molecule has 0 unspecified atom stereocenters. The summed E-state index contributed by atoms with van der Waals surface area (Å²) in [6, 6.07) is 12.6. The van der Waals surface area contributed by atoms with Crippen molar-refractivity contribution < 1.29 is 0 Å². The van der Waals surface area contributed by atoms with Gasteiger partial charge in [-0.15, -0.1) is 0 Å². The van der Waals surface area contributed by atoms with Gasteiger partial charge in [-0.25, -0.2) is 9.50 Å². The standard InChI is InChI=1S/C16H17N5/c17-14-4-2-1-3-12(14)11-20(13-5-6-13)15-8-10-21-16(19-15)7-9-18-21/h1-4,7-10,13H,5-6,11,17H2. The number of rotatable bonds is 4. The number of nitrogens with zero attached hydrogens (tertiary/aromatic N) is 4. The molecule has 0 amide bonds. The van der Waals surface area contributed by atoms with E-state index in [1.54, 1.807) is 10.7 Å². The molecule has 5 heteroatoms. The Morgan fingerprint density at radius 1 is 1.19 bits per heavy atom. The Kier molecular flexibility index (Phi) is 2.77. The molecule has 0 radical (unpaired) electrons. The summed E-state index contributed by atoms with van der Waals surface area (Å²) >= 11 is 0. The number of hydrogen-bond donors (Lipinski definition) is 1. The fraction of sp³-hybridized carbons (Fsp3) is 0.250. The van der Waals surface area contributed by atoms with Gasteiger partial charge in [-0.05, 0) is 30.5 Å². The topological polar surface area (TPSA) is 59.5 Å².